The Labute approximate surface area is 147 Å². The van der Waals surface area contributed by atoms with Gasteiger partial charge >= 0.3 is 0 Å². The first-order valence-electron chi connectivity index (χ1n) is 8.36. The number of halogens is 1. The van der Waals surface area contributed by atoms with E-state index >= 15 is 0 Å². The van der Waals surface area contributed by atoms with E-state index < -0.39 is 0 Å². The van der Waals surface area contributed by atoms with Gasteiger partial charge < -0.3 is 14.1 Å². The molecular formula is C18H22ClN3O2. The third-order valence-corrected chi connectivity index (χ3v) is 5.01. The average molecular weight is 348 g/mol. The van der Waals surface area contributed by atoms with Crippen LogP contribution in [-0.2, 0) is 24.9 Å². The molecule has 1 aromatic heterocycles. The van der Waals surface area contributed by atoms with Crippen molar-refractivity contribution in [3.63, 3.8) is 0 Å². The van der Waals surface area contributed by atoms with E-state index in [9.17, 15) is 4.79 Å². The van der Waals surface area contributed by atoms with E-state index in [0.717, 1.165) is 55.8 Å². The number of ether oxygens (including phenoxy) is 1. The summed E-state index contributed by atoms with van der Waals surface area (Å²) in [7, 11) is 1.98. The summed E-state index contributed by atoms with van der Waals surface area (Å²) < 4.78 is 7.75. The molecule has 1 fully saturated rings. The molecule has 24 heavy (non-hydrogen) atoms. The van der Waals surface area contributed by atoms with Crippen molar-refractivity contribution in [2.24, 2.45) is 18.9 Å². The lowest BCUT2D eigenvalue weighted by molar-refractivity contribution is -0.112. The van der Waals surface area contributed by atoms with Gasteiger partial charge in [-0.3, -0.25) is 0 Å². The van der Waals surface area contributed by atoms with Gasteiger partial charge in [-0.2, -0.15) is 0 Å². The van der Waals surface area contributed by atoms with Gasteiger partial charge in [-0.25, -0.2) is 0 Å². The van der Waals surface area contributed by atoms with Gasteiger partial charge in [0.05, 0.1) is 0 Å². The second-order valence-electron chi connectivity index (χ2n) is 6.46. The van der Waals surface area contributed by atoms with Gasteiger partial charge in [0, 0.05) is 24.4 Å². The van der Waals surface area contributed by atoms with Crippen molar-refractivity contribution in [2.45, 2.75) is 38.7 Å². The first-order valence-corrected chi connectivity index (χ1v) is 8.74. The summed E-state index contributed by atoms with van der Waals surface area (Å²) >= 11 is 5.96. The Morgan fingerprint density at radius 1 is 1.25 bits per heavy atom. The molecule has 0 radical (unpaired) electrons. The summed E-state index contributed by atoms with van der Waals surface area (Å²) in [6.45, 7) is 0.363. The molecule has 3 rings (SSSR count). The Hall–Kier alpha value is -1.88. The zero-order chi connectivity index (χ0) is 16.9. The average Bonchev–Trinajstić information content (AvgIpc) is 2.94. The fourth-order valence-electron chi connectivity index (χ4n) is 3.19. The monoisotopic (exact) mass is 347 g/mol. The molecule has 0 spiro atoms. The van der Waals surface area contributed by atoms with Crippen molar-refractivity contribution >= 4 is 17.9 Å². The van der Waals surface area contributed by atoms with Crippen molar-refractivity contribution in [1.29, 1.82) is 0 Å². The number of hydrogen-bond acceptors (Lipinski definition) is 4. The number of carbonyl (C=O) groups is 1. The van der Waals surface area contributed by atoms with Crippen molar-refractivity contribution in [3.05, 3.63) is 40.9 Å². The Kier molecular flexibility index (Phi) is 5.51. The predicted octanol–water partition coefficient (Wildman–Crippen LogP) is 3.60. The van der Waals surface area contributed by atoms with Gasteiger partial charge in [0.2, 0.25) is 0 Å². The van der Waals surface area contributed by atoms with E-state index in [4.69, 9.17) is 16.3 Å². The molecule has 1 aliphatic rings. The fourth-order valence-corrected chi connectivity index (χ4v) is 3.37. The fraction of sp³-hybridized carbons (Fsp3) is 0.500. The van der Waals surface area contributed by atoms with Crippen molar-refractivity contribution in [2.75, 3.05) is 0 Å². The zero-order valence-electron chi connectivity index (χ0n) is 13.8. The van der Waals surface area contributed by atoms with Gasteiger partial charge in [0.1, 0.15) is 24.5 Å². The molecule has 6 heteroatoms. The van der Waals surface area contributed by atoms with Crippen LogP contribution >= 0.6 is 11.6 Å². The Morgan fingerprint density at radius 3 is 2.71 bits per heavy atom. The van der Waals surface area contributed by atoms with Crippen LogP contribution in [0.2, 0.25) is 5.02 Å². The standard InChI is InChI=1S/C18H22ClN3O2/c1-22-17(9-13-5-7-14(11-23)8-6-13)20-21-18(22)12-24-16-4-2-3-15(19)10-16/h2-4,10-11,13-14H,5-9,12H2,1H3. The largest absolute Gasteiger partial charge is 0.486 e. The minimum atomic E-state index is 0.252. The summed E-state index contributed by atoms with van der Waals surface area (Å²) in [6.07, 6.45) is 6.18. The topological polar surface area (TPSA) is 57.0 Å². The number of hydrogen-bond donors (Lipinski definition) is 0. The van der Waals surface area contributed by atoms with Crippen LogP contribution in [0.25, 0.3) is 0 Å². The number of aromatic nitrogens is 3. The van der Waals surface area contributed by atoms with E-state index in [-0.39, 0.29) is 5.92 Å². The molecule has 1 aliphatic carbocycles. The highest BCUT2D eigenvalue weighted by Crippen LogP contribution is 2.29. The van der Waals surface area contributed by atoms with E-state index in [2.05, 4.69) is 10.2 Å². The lowest BCUT2D eigenvalue weighted by Crippen LogP contribution is -2.18. The summed E-state index contributed by atoms with van der Waals surface area (Å²) in [5.74, 6) is 3.34. The number of nitrogens with zero attached hydrogens (tertiary/aromatic N) is 3. The smallest absolute Gasteiger partial charge is 0.170 e. The Balaban J connectivity index is 1.56. The lowest BCUT2D eigenvalue weighted by atomic mass is 9.81. The zero-order valence-corrected chi connectivity index (χ0v) is 14.6. The third-order valence-electron chi connectivity index (χ3n) is 4.77. The Morgan fingerprint density at radius 2 is 2.00 bits per heavy atom. The molecule has 0 N–H and O–H groups in total. The highest BCUT2D eigenvalue weighted by Gasteiger charge is 2.23. The molecule has 1 aromatic carbocycles. The summed E-state index contributed by atoms with van der Waals surface area (Å²) in [6, 6.07) is 7.32. The van der Waals surface area contributed by atoms with Gasteiger partial charge in [-0.15, -0.1) is 10.2 Å². The van der Waals surface area contributed by atoms with Gasteiger partial charge in [0.25, 0.3) is 0 Å². The lowest BCUT2D eigenvalue weighted by Gasteiger charge is -2.24. The van der Waals surface area contributed by atoms with Crippen LogP contribution in [0.3, 0.4) is 0 Å². The molecule has 2 aromatic rings. The molecule has 0 bridgehead atoms. The van der Waals surface area contributed by atoms with Gasteiger partial charge in [-0.05, 0) is 49.8 Å². The maximum atomic E-state index is 10.8. The number of aldehydes is 1. The highest BCUT2D eigenvalue weighted by atomic mass is 35.5. The molecule has 1 saturated carbocycles. The van der Waals surface area contributed by atoms with Crippen LogP contribution in [0, 0.1) is 11.8 Å². The maximum absolute atomic E-state index is 10.8. The Bertz CT molecular complexity index is 693. The first kappa shape index (κ1) is 17.0. The third kappa shape index (κ3) is 4.15. The second-order valence-corrected chi connectivity index (χ2v) is 6.89. The predicted molar refractivity (Wildman–Crippen MR) is 92.0 cm³/mol. The molecule has 0 amide bonds. The number of carbonyl (C=O) groups excluding carboxylic acids is 1. The molecule has 0 saturated heterocycles. The maximum Gasteiger partial charge on any atom is 0.170 e. The minimum absolute atomic E-state index is 0.252. The summed E-state index contributed by atoms with van der Waals surface area (Å²) in [5, 5.41) is 9.21. The van der Waals surface area contributed by atoms with E-state index in [0.29, 0.717) is 17.5 Å². The normalized spacial score (nSPS) is 20.8. The van der Waals surface area contributed by atoms with Gasteiger partial charge in [-0.1, -0.05) is 17.7 Å². The van der Waals surface area contributed by atoms with Crippen LogP contribution in [0.4, 0.5) is 0 Å². The number of benzene rings is 1. The molecule has 0 atom stereocenters. The molecule has 5 nitrogen and oxygen atoms in total. The quantitative estimate of drug-likeness (QED) is 0.749. The van der Waals surface area contributed by atoms with Crippen LogP contribution in [0.5, 0.6) is 5.75 Å². The van der Waals surface area contributed by atoms with Crippen LogP contribution in [0.15, 0.2) is 24.3 Å². The van der Waals surface area contributed by atoms with Crippen LogP contribution in [0.1, 0.15) is 37.3 Å². The highest BCUT2D eigenvalue weighted by molar-refractivity contribution is 6.30. The van der Waals surface area contributed by atoms with E-state index in [1.807, 2.05) is 29.8 Å². The SMILES string of the molecule is Cn1c(COc2cccc(Cl)c2)nnc1CC1CCC(C=O)CC1. The van der Waals surface area contributed by atoms with Crippen LogP contribution in [-0.4, -0.2) is 21.1 Å². The van der Waals surface area contributed by atoms with E-state index in [1.165, 1.54) is 0 Å². The molecule has 0 aliphatic heterocycles. The minimum Gasteiger partial charge on any atom is -0.486 e. The first-order chi connectivity index (χ1) is 11.7. The van der Waals surface area contributed by atoms with E-state index in [1.54, 1.807) is 6.07 Å². The molecule has 1 heterocycles. The molecule has 0 unspecified atom stereocenters. The number of rotatable bonds is 6. The second kappa shape index (κ2) is 7.79. The molecule has 128 valence electrons. The van der Waals surface area contributed by atoms with Crippen molar-refractivity contribution in [1.82, 2.24) is 14.8 Å². The summed E-state index contributed by atoms with van der Waals surface area (Å²) in [5.41, 5.74) is 0. The van der Waals surface area contributed by atoms with Gasteiger partial charge in [0.15, 0.2) is 5.82 Å². The molecular weight excluding hydrogens is 326 g/mol. The van der Waals surface area contributed by atoms with Crippen molar-refractivity contribution < 1.29 is 9.53 Å². The van der Waals surface area contributed by atoms with Crippen LogP contribution < -0.4 is 4.74 Å². The summed E-state index contributed by atoms with van der Waals surface area (Å²) in [4.78, 5) is 10.8. The van der Waals surface area contributed by atoms with Crippen molar-refractivity contribution in [3.8, 4) is 5.75 Å².